The number of nitrogens with zero attached hydrogens (tertiary/aromatic N) is 1. The van der Waals surface area contributed by atoms with Crippen molar-refractivity contribution in [1.29, 1.82) is 0 Å². The highest BCUT2D eigenvalue weighted by atomic mass is 79.9. The number of piperazine rings is 1. The van der Waals surface area contributed by atoms with Gasteiger partial charge < -0.3 is 5.73 Å². The Bertz CT molecular complexity index is 498. The van der Waals surface area contributed by atoms with Gasteiger partial charge in [-0.3, -0.25) is 19.8 Å². The predicted molar refractivity (Wildman–Crippen MR) is 76.2 cm³/mol. The first-order valence-electron chi connectivity index (χ1n) is 6.13. The fourth-order valence-corrected chi connectivity index (χ4v) is 2.78. The molecule has 19 heavy (non-hydrogen) atoms. The summed E-state index contributed by atoms with van der Waals surface area (Å²) in [5, 5.41) is 2.36. The van der Waals surface area contributed by atoms with Gasteiger partial charge in [-0.05, 0) is 18.6 Å². The van der Waals surface area contributed by atoms with Crippen molar-refractivity contribution in [3.63, 3.8) is 0 Å². The maximum absolute atomic E-state index is 11.8. The van der Waals surface area contributed by atoms with E-state index in [2.05, 4.69) is 21.2 Å². The zero-order valence-corrected chi connectivity index (χ0v) is 12.2. The SMILES string of the molecule is CCC1C(=O)NC(=O)CN1Cc1c(N)cccc1Br. The van der Waals surface area contributed by atoms with Crippen LogP contribution in [-0.4, -0.2) is 29.3 Å². The van der Waals surface area contributed by atoms with Crippen LogP contribution in [0.15, 0.2) is 22.7 Å². The van der Waals surface area contributed by atoms with E-state index in [0.29, 0.717) is 18.7 Å². The van der Waals surface area contributed by atoms with Crippen LogP contribution in [0.25, 0.3) is 0 Å². The first-order chi connectivity index (χ1) is 9.02. The summed E-state index contributed by atoms with van der Waals surface area (Å²) in [6, 6.07) is 5.28. The quantitative estimate of drug-likeness (QED) is 0.648. The van der Waals surface area contributed by atoms with Gasteiger partial charge in [0.2, 0.25) is 11.8 Å². The largest absolute Gasteiger partial charge is 0.398 e. The van der Waals surface area contributed by atoms with Gasteiger partial charge in [0.25, 0.3) is 0 Å². The number of nitrogens with two attached hydrogens (primary N) is 1. The minimum Gasteiger partial charge on any atom is -0.398 e. The third-order valence-corrected chi connectivity index (χ3v) is 4.00. The number of hydrogen-bond acceptors (Lipinski definition) is 4. The van der Waals surface area contributed by atoms with E-state index < -0.39 is 0 Å². The Labute approximate surface area is 120 Å². The van der Waals surface area contributed by atoms with Crippen LogP contribution in [0.5, 0.6) is 0 Å². The molecule has 0 aromatic heterocycles. The molecule has 1 aliphatic rings. The number of amides is 2. The Morgan fingerprint density at radius 2 is 2.21 bits per heavy atom. The van der Waals surface area contributed by atoms with Gasteiger partial charge >= 0.3 is 0 Å². The van der Waals surface area contributed by atoms with Crippen LogP contribution >= 0.6 is 15.9 Å². The van der Waals surface area contributed by atoms with Gasteiger partial charge in [-0.15, -0.1) is 0 Å². The number of halogens is 1. The van der Waals surface area contributed by atoms with E-state index in [0.717, 1.165) is 10.0 Å². The Kier molecular flexibility index (Phi) is 4.21. The zero-order valence-electron chi connectivity index (χ0n) is 10.6. The van der Waals surface area contributed by atoms with Crippen LogP contribution in [0, 0.1) is 0 Å². The van der Waals surface area contributed by atoms with Gasteiger partial charge in [0.1, 0.15) is 0 Å². The van der Waals surface area contributed by atoms with Crippen molar-refractivity contribution >= 4 is 33.4 Å². The lowest BCUT2D eigenvalue weighted by Gasteiger charge is -2.33. The van der Waals surface area contributed by atoms with Gasteiger partial charge in [0.15, 0.2) is 0 Å². The molecule has 0 bridgehead atoms. The van der Waals surface area contributed by atoms with Gasteiger partial charge in [0, 0.05) is 22.3 Å². The summed E-state index contributed by atoms with van der Waals surface area (Å²) < 4.78 is 0.890. The third kappa shape index (κ3) is 2.96. The van der Waals surface area contributed by atoms with Gasteiger partial charge in [-0.25, -0.2) is 0 Å². The van der Waals surface area contributed by atoms with E-state index in [1.165, 1.54) is 0 Å². The number of carbonyl (C=O) groups is 2. The summed E-state index contributed by atoms with van der Waals surface area (Å²) in [7, 11) is 0. The molecule has 3 N–H and O–H groups in total. The summed E-state index contributed by atoms with van der Waals surface area (Å²) in [6.07, 6.45) is 0.656. The molecule has 5 nitrogen and oxygen atoms in total. The van der Waals surface area contributed by atoms with E-state index in [1.807, 2.05) is 30.0 Å². The van der Waals surface area contributed by atoms with Crippen molar-refractivity contribution in [3.8, 4) is 0 Å². The maximum Gasteiger partial charge on any atom is 0.243 e. The molecule has 2 amide bonds. The minimum absolute atomic E-state index is 0.213. The fraction of sp³-hybridized carbons (Fsp3) is 0.385. The van der Waals surface area contributed by atoms with Crippen molar-refractivity contribution in [3.05, 3.63) is 28.2 Å². The van der Waals surface area contributed by atoms with Crippen LogP contribution in [0.1, 0.15) is 18.9 Å². The lowest BCUT2D eigenvalue weighted by atomic mass is 10.1. The van der Waals surface area contributed by atoms with Crippen molar-refractivity contribution in [1.82, 2.24) is 10.2 Å². The Hall–Kier alpha value is -1.40. The molecule has 1 aromatic rings. The minimum atomic E-state index is -0.288. The lowest BCUT2D eigenvalue weighted by molar-refractivity contribution is -0.140. The van der Waals surface area contributed by atoms with E-state index >= 15 is 0 Å². The number of nitrogen functional groups attached to an aromatic ring is 1. The first-order valence-corrected chi connectivity index (χ1v) is 6.92. The average Bonchev–Trinajstić information content (AvgIpc) is 2.33. The molecule has 1 unspecified atom stereocenters. The predicted octanol–water partition coefficient (Wildman–Crippen LogP) is 1.27. The second kappa shape index (κ2) is 5.71. The molecule has 1 aliphatic heterocycles. The average molecular weight is 326 g/mol. The fourth-order valence-electron chi connectivity index (χ4n) is 2.28. The van der Waals surface area contributed by atoms with Crippen LogP contribution in [-0.2, 0) is 16.1 Å². The Balaban J connectivity index is 2.25. The number of nitrogens with one attached hydrogen (secondary N) is 1. The smallest absolute Gasteiger partial charge is 0.243 e. The van der Waals surface area contributed by atoms with Crippen LogP contribution in [0.3, 0.4) is 0 Å². The molecule has 2 rings (SSSR count). The van der Waals surface area contributed by atoms with Crippen molar-refractivity contribution in [2.45, 2.75) is 25.9 Å². The van der Waals surface area contributed by atoms with Crippen molar-refractivity contribution < 1.29 is 9.59 Å². The van der Waals surface area contributed by atoms with Crippen LogP contribution in [0.2, 0.25) is 0 Å². The molecular formula is C13H16BrN3O2. The highest BCUT2D eigenvalue weighted by Crippen LogP contribution is 2.25. The van der Waals surface area contributed by atoms with E-state index in [4.69, 9.17) is 5.73 Å². The highest BCUT2D eigenvalue weighted by molar-refractivity contribution is 9.10. The molecule has 1 atom stereocenters. The molecule has 6 heteroatoms. The van der Waals surface area contributed by atoms with E-state index in [1.54, 1.807) is 0 Å². The number of anilines is 1. The van der Waals surface area contributed by atoms with E-state index in [9.17, 15) is 9.59 Å². The Morgan fingerprint density at radius 3 is 2.84 bits per heavy atom. The summed E-state index contributed by atoms with van der Waals surface area (Å²) in [5.74, 6) is -0.496. The molecule has 0 spiro atoms. The molecule has 0 aliphatic carbocycles. The number of imide groups is 1. The number of hydrogen-bond donors (Lipinski definition) is 2. The zero-order chi connectivity index (χ0) is 14.0. The highest BCUT2D eigenvalue weighted by Gasteiger charge is 2.32. The molecule has 1 saturated heterocycles. The monoisotopic (exact) mass is 325 g/mol. The number of rotatable bonds is 3. The van der Waals surface area contributed by atoms with Gasteiger partial charge in [-0.1, -0.05) is 28.9 Å². The molecule has 0 saturated carbocycles. The Morgan fingerprint density at radius 1 is 1.47 bits per heavy atom. The maximum atomic E-state index is 11.8. The molecule has 0 radical (unpaired) electrons. The van der Waals surface area contributed by atoms with Crippen molar-refractivity contribution in [2.24, 2.45) is 0 Å². The molecule has 102 valence electrons. The number of carbonyl (C=O) groups excluding carboxylic acids is 2. The van der Waals surface area contributed by atoms with Gasteiger partial charge in [0.05, 0.1) is 12.6 Å². The van der Waals surface area contributed by atoms with Crippen LogP contribution < -0.4 is 11.1 Å². The standard InChI is InChI=1S/C13H16BrN3O2/c1-2-11-13(19)16-12(18)7-17(11)6-8-9(14)4-3-5-10(8)15/h3-5,11H,2,6-7,15H2,1H3,(H,16,18,19). The topological polar surface area (TPSA) is 75.4 Å². The molecular weight excluding hydrogens is 310 g/mol. The first kappa shape index (κ1) is 14.0. The lowest BCUT2D eigenvalue weighted by Crippen LogP contribution is -2.57. The second-order valence-corrected chi connectivity index (χ2v) is 5.40. The molecule has 1 aromatic carbocycles. The van der Waals surface area contributed by atoms with Gasteiger partial charge in [-0.2, -0.15) is 0 Å². The summed E-state index contributed by atoms with van der Waals surface area (Å²) >= 11 is 3.45. The third-order valence-electron chi connectivity index (χ3n) is 3.26. The molecule has 1 fully saturated rings. The van der Waals surface area contributed by atoms with E-state index in [-0.39, 0.29) is 24.4 Å². The summed E-state index contributed by atoms with van der Waals surface area (Å²) in [6.45, 7) is 2.62. The number of benzene rings is 1. The normalized spacial score (nSPS) is 20.4. The van der Waals surface area contributed by atoms with Crippen molar-refractivity contribution in [2.75, 3.05) is 12.3 Å². The second-order valence-electron chi connectivity index (χ2n) is 4.55. The summed E-state index contributed by atoms with van der Waals surface area (Å²) in [4.78, 5) is 25.1. The summed E-state index contributed by atoms with van der Waals surface area (Å²) in [5.41, 5.74) is 7.51. The molecule has 1 heterocycles. The van der Waals surface area contributed by atoms with Crippen LogP contribution in [0.4, 0.5) is 5.69 Å².